The van der Waals surface area contributed by atoms with Crippen LogP contribution < -0.4 is 10.1 Å². The van der Waals surface area contributed by atoms with E-state index in [1.165, 1.54) is 25.3 Å². The Morgan fingerprint density at radius 3 is 2.53 bits per heavy atom. The van der Waals surface area contributed by atoms with Crippen molar-refractivity contribution >= 4 is 23.4 Å². The summed E-state index contributed by atoms with van der Waals surface area (Å²) in [6, 6.07) is 8.02. The second-order valence-corrected chi connectivity index (χ2v) is 10.8. The van der Waals surface area contributed by atoms with Gasteiger partial charge in [0.15, 0.2) is 5.78 Å². The molecule has 1 aliphatic carbocycles. The highest BCUT2D eigenvalue weighted by Crippen LogP contribution is 2.47. The molecule has 1 N–H and O–H groups in total. The first-order chi connectivity index (χ1) is 16.9. The van der Waals surface area contributed by atoms with E-state index < -0.39 is 17.7 Å². The number of dihydropyridines is 1. The molecule has 2 aliphatic rings. The van der Waals surface area contributed by atoms with Gasteiger partial charge in [-0.2, -0.15) is 0 Å². The second-order valence-electron chi connectivity index (χ2n) is 10.4. The van der Waals surface area contributed by atoms with Crippen LogP contribution in [0.5, 0.6) is 5.75 Å². The highest BCUT2D eigenvalue weighted by atomic mass is 35.5. The minimum atomic E-state index is -0.550. The molecule has 0 saturated heterocycles. The quantitative estimate of drug-likeness (QED) is 0.467. The summed E-state index contributed by atoms with van der Waals surface area (Å²) >= 11 is 6.14. The van der Waals surface area contributed by atoms with E-state index in [1.54, 1.807) is 0 Å². The van der Waals surface area contributed by atoms with Gasteiger partial charge in [-0.3, -0.25) is 4.79 Å². The zero-order chi connectivity index (χ0) is 26.4. The van der Waals surface area contributed by atoms with Crippen LogP contribution in [0.15, 0.2) is 52.9 Å². The standard InChI is InChI=1S/C29H31ClFNO4/c1-15-9-16(2)20(10-18(15)14-36-24-8-7-19(31)11-21(24)30)26-25(28(34)35-6)17(3)32-22-12-29(4,5)13-23(33)27(22)26/h7-11,26,32H,12-14H2,1-6H3. The minimum absolute atomic E-state index is 0.0310. The number of allylic oxidation sites excluding steroid dienone is 3. The van der Waals surface area contributed by atoms with Gasteiger partial charge in [-0.25, -0.2) is 9.18 Å². The van der Waals surface area contributed by atoms with Crippen molar-refractivity contribution in [3.63, 3.8) is 0 Å². The molecule has 0 bridgehead atoms. The van der Waals surface area contributed by atoms with Crippen LogP contribution in [0.25, 0.3) is 0 Å². The molecule has 1 heterocycles. The molecule has 4 rings (SSSR count). The lowest BCUT2D eigenvalue weighted by Crippen LogP contribution is -2.38. The summed E-state index contributed by atoms with van der Waals surface area (Å²) < 4.78 is 24.5. The average Bonchev–Trinajstić information content (AvgIpc) is 2.77. The summed E-state index contributed by atoms with van der Waals surface area (Å²) in [5.74, 6) is -1.05. The first kappa shape index (κ1) is 26.0. The normalized spacial score (nSPS) is 19.1. The Labute approximate surface area is 216 Å². The van der Waals surface area contributed by atoms with E-state index in [1.807, 2.05) is 32.9 Å². The van der Waals surface area contributed by atoms with Gasteiger partial charge >= 0.3 is 5.97 Å². The molecule has 7 heteroatoms. The number of halogens is 2. The molecule has 0 radical (unpaired) electrons. The number of ether oxygens (including phenoxy) is 2. The lowest BCUT2D eigenvalue weighted by atomic mass is 9.68. The molecule has 0 saturated carbocycles. The van der Waals surface area contributed by atoms with Gasteiger partial charge < -0.3 is 14.8 Å². The van der Waals surface area contributed by atoms with Gasteiger partial charge in [0.05, 0.1) is 17.7 Å². The van der Waals surface area contributed by atoms with E-state index in [2.05, 4.69) is 19.2 Å². The van der Waals surface area contributed by atoms with Gasteiger partial charge in [0, 0.05) is 29.3 Å². The molecule has 2 aromatic rings. The molecular formula is C29H31ClFNO4. The van der Waals surface area contributed by atoms with Crippen molar-refractivity contribution in [1.29, 1.82) is 0 Å². The fourth-order valence-corrected chi connectivity index (χ4v) is 5.48. The van der Waals surface area contributed by atoms with E-state index in [9.17, 15) is 14.0 Å². The lowest BCUT2D eigenvalue weighted by Gasteiger charge is -2.39. The number of carbonyl (C=O) groups excluding carboxylic acids is 2. The van der Waals surface area contributed by atoms with E-state index in [-0.39, 0.29) is 22.8 Å². The molecule has 0 spiro atoms. The monoisotopic (exact) mass is 511 g/mol. The third-order valence-corrected chi connectivity index (χ3v) is 7.25. The van der Waals surface area contributed by atoms with Crippen molar-refractivity contribution in [2.24, 2.45) is 5.41 Å². The zero-order valence-corrected chi connectivity index (χ0v) is 22.2. The Morgan fingerprint density at radius 1 is 1.14 bits per heavy atom. The molecule has 0 amide bonds. The lowest BCUT2D eigenvalue weighted by molar-refractivity contribution is -0.136. The number of methoxy groups -OCH3 is 1. The summed E-state index contributed by atoms with van der Waals surface area (Å²) in [7, 11) is 1.35. The van der Waals surface area contributed by atoms with Crippen LogP contribution in [-0.2, 0) is 20.9 Å². The first-order valence-electron chi connectivity index (χ1n) is 11.9. The molecule has 1 unspecified atom stereocenters. The van der Waals surface area contributed by atoms with E-state index >= 15 is 0 Å². The predicted molar refractivity (Wildman–Crippen MR) is 137 cm³/mol. The van der Waals surface area contributed by atoms with Gasteiger partial charge in [-0.05, 0) is 73.1 Å². The zero-order valence-electron chi connectivity index (χ0n) is 21.5. The van der Waals surface area contributed by atoms with Crippen LogP contribution in [0.4, 0.5) is 4.39 Å². The number of hydrogen-bond acceptors (Lipinski definition) is 5. The summed E-state index contributed by atoms with van der Waals surface area (Å²) in [6.07, 6.45) is 1.11. The molecule has 1 aliphatic heterocycles. The summed E-state index contributed by atoms with van der Waals surface area (Å²) in [5, 5.41) is 3.53. The second kappa shape index (κ2) is 9.74. The van der Waals surface area contributed by atoms with Gasteiger partial charge in [0.1, 0.15) is 18.2 Å². The number of rotatable bonds is 5. The number of aryl methyl sites for hydroxylation is 2. The van der Waals surface area contributed by atoms with Crippen molar-refractivity contribution in [3.8, 4) is 5.75 Å². The molecule has 190 valence electrons. The van der Waals surface area contributed by atoms with Gasteiger partial charge in [0.25, 0.3) is 0 Å². The van der Waals surface area contributed by atoms with Crippen LogP contribution in [0.1, 0.15) is 61.8 Å². The van der Waals surface area contributed by atoms with Gasteiger partial charge in [-0.15, -0.1) is 0 Å². The van der Waals surface area contributed by atoms with Crippen molar-refractivity contribution in [1.82, 2.24) is 5.32 Å². The molecule has 5 nitrogen and oxygen atoms in total. The summed E-state index contributed by atoms with van der Waals surface area (Å²) in [4.78, 5) is 26.5. The highest BCUT2D eigenvalue weighted by Gasteiger charge is 2.43. The summed E-state index contributed by atoms with van der Waals surface area (Å²) in [6.45, 7) is 10.2. The van der Waals surface area contributed by atoms with Crippen LogP contribution in [0.3, 0.4) is 0 Å². The molecule has 1 atom stereocenters. The number of esters is 1. The largest absolute Gasteiger partial charge is 0.487 e. The van der Waals surface area contributed by atoms with E-state index in [0.717, 1.165) is 28.0 Å². The van der Waals surface area contributed by atoms with Crippen molar-refractivity contribution in [3.05, 3.63) is 86.0 Å². The van der Waals surface area contributed by atoms with Crippen molar-refractivity contribution in [2.75, 3.05) is 7.11 Å². The van der Waals surface area contributed by atoms with Crippen molar-refractivity contribution in [2.45, 2.75) is 60.0 Å². The Balaban J connectivity index is 1.81. The Hall–Kier alpha value is -3.12. The van der Waals surface area contributed by atoms with Crippen LogP contribution in [-0.4, -0.2) is 18.9 Å². The number of nitrogens with one attached hydrogen (secondary N) is 1. The third kappa shape index (κ3) is 4.92. The van der Waals surface area contributed by atoms with Crippen LogP contribution in [0.2, 0.25) is 5.02 Å². The Kier molecular flexibility index (Phi) is 7.02. The molecule has 2 aromatic carbocycles. The third-order valence-electron chi connectivity index (χ3n) is 6.96. The maximum Gasteiger partial charge on any atom is 0.336 e. The summed E-state index contributed by atoms with van der Waals surface area (Å²) in [5.41, 5.74) is 6.12. The van der Waals surface area contributed by atoms with Crippen LogP contribution in [0, 0.1) is 25.1 Å². The molecular weight excluding hydrogens is 481 g/mol. The first-order valence-corrected chi connectivity index (χ1v) is 12.3. The van der Waals surface area contributed by atoms with Crippen molar-refractivity contribution < 1.29 is 23.5 Å². The number of carbonyl (C=O) groups is 2. The number of Topliss-reactive ketones (excluding diaryl/α,β-unsaturated/α-hetero) is 1. The molecule has 36 heavy (non-hydrogen) atoms. The Bertz CT molecular complexity index is 1320. The fourth-order valence-electron chi connectivity index (χ4n) is 5.26. The number of hydrogen-bond donors (Lipinski definition) is 1. The fraction of sp³-hybridized carbons (Fsp3) is 0.379. The highest BCUT2D eigenvalue weighted by molar-refractivity contribution is 6.32. The minimum Gasteiger partial charge on any atom is -0.487 e. The SMILES string of the molecule is COC(=O)C1=C(C)NC2=C(C(=O)CC(C)(C)C2)C1c1cc(COc2ccc(F)cc2Cl)c(C)cc1C. The smallest absolute Gasteiger partial charge is 0.336 e. The Morgan fingerprint density at radius 2 is 1.86 bits per heavy atom. The van der Waals surface area contributed by atoms with Gasteiger partial charge in [-0.1, -0.05) is 37.6 Å². The predicted octanol–water partition coefficient (Wildman–Crippen LogP) is 6.45. The van der Waals surface area contributed by atoms with E-state index in [4.69, 9.17) is 21.1 Å². The number of ketones is 1. The molecule has 0 aromatic heterocycles. The maximum atomic E-state index is 13.5. The maximum absolute atomic E-state index is 13.5. The van der Waals surface area contributed by atoms with Gasteiger partial charge in [0.2, 0.25) is 0 Å². The van der Waals surface area contributed by atoms with Crippen LogP contribution >= 0.6 is 11.6 Å². The average molecular weight is 512 g/mol. The molecule has 0 fully saturated rings. The number of benzene rings is 2. The topological polar surface area (TPSA) is 64.6 Å². The van der Waals surface area contributed by atoms with E-state index in [0.29, 0.717) is 35.4 Å².